The minimum Gasteiger partial charge on any atom is -0.496 e. The molecular formula is C26H20N6O2S2. The van der Waals surface area contributed by atoms with Crippen LogP contribution in [0.1, 0.15) is 20.8 Å². The number of fused-ring (bicyclic) bond motifs is 1. The largest absolute Gasteiger partial charge is 0.496 e. The number of pyridine rings is 1. The van der Waals surface area contributed by atoms with Crippen molar-refractivity contribution in [2.75, 3.05) is 23.9 Å². The second-order valence-electron chi connectivity index (χ2n) is 7.94. The summed E-state index contributed by atoms with van der Waals surface area (Å²) in [6.45, 7) is 1.98. The fraction of sp³-hybridized carbons (Fsp3) is 0.0769. The van der Waals surface area contributed by atoms with Crippen molar-refractivity contribution in [1.29, 1.82) is 5.26 Å². The number of thiophene rings is 1. The number of carbonyl (C=O) groups is 1. The molecule has 0 radical (unpaired) electrons. The molecule has 1 amide bonds. The highest BCUT2D eigenvalue weighted by Gasteiger charge is 2.25. The van der Waals surface area contributed by atoms with Gasteiger partial charge in [-0.25, -0.2) is 9.97 Å². The number of thiazole rings is 1. The molecule has 10 heteroatoms. The Bertz CT molecular complexity index is 1660. The van der Waals surface area contributed by atoms with Gasteiger partial charge in [-0.1, -0.05) is 42.0 Å². The van der Waals surface area contributed by atoms with Gasteiger partial charge < -0.3 is 16.2 Å². The van der Waals surface area contributed by atoms with Gasteiger partial charge in [0.1, 0.15) is 32.9 Å². The number of methoxy groups -OCH3 is 1. The Hall–Kier alpha value is -4.46. The summed E-state index contributed by atoms with van der Waals surface area (Å²) in [5.74, 6) is 0.369. The summed E-state index contributed by atoms with van der Waals surface area (Å²) in [4.78, 5) is 22.9. The van der Waals surface area contributed by atoms with Crippen LogP contribution >= 0.6 is 22.7 Å². The number of nitrogens with one attached hydrogen (secondary N) is 1. The van der Waals surface area contributed by atoms with Crippen LogP contribution in [0, 0.1) is 18.3 Å². The summed E-state index contributed by atoms with van der Waals surface area (Å²) < 4.78 is 5.41. The molecule has 178 valence electrons. The van der Waals surface area contributed by atoms with E-state index < -0.39 is 5.91 Å². The van der Waals surface area contributed by atoms with Gasteiger partial charge in [-0.2, -0.15) is 5.26 Å². The standard InChI is InChI=1S/C26H20N6O2S2/c1-13-7-9-14(10-8-13)19-16(11-27)23(29)31-25-20(19)21(28)22(36-25)24(33)32-26-30-17(12-35-26)15-5-3-4-6-18(15)34-2/h3-10,12H,28H2,1-2H3,(H2,29,31)(H,30,32,33). The molecule has 0 atom stereocenters. The number of nitrogen functional groups attached to an aromatic ring is 2. The molecular weight excluding hydrogens is 492 g/mol. The van der Waals surface area contributed by atoms with E-state index in [4.69, 9.17) is 16.2 Å². The maximum atomic E-state index is 13.2. The first-order chi connectivity index (χ1) is 17.4. The topological polar surface area (TPSA) is 140 Å². The number of anilines is 3. The Kier molecular flexibility index (Phi) is 6.01. The van der Waals surface area contributed by atoms with Crippen molar-refractivity contribution in [1.82, 2.24) is 9.97 Å². The number of aromatic nitrogens is 2. The van der Waals surface area contributed by atoms with Crippen molar-refractivity contribution < 1.29 is 9.53 Å². The number of nitrogens with zero attached hydrogens (tertiary/aromatic N) is 3. The van der Waals surface area contributed by atoms with Crippen LogP contribution in [0.15, 0.2) is 53.9 Å². The van der Waals surface area contributed by atoms with Crippen LogP contribution in [0.4, 0.5) is 16.6 Å². The number of nitrogens with two attached hydrogens (primary N) is 2. The maximum absolute atomic E-state index is 13.2. The normalized spacial score (nSPS) is 10.8. The molecule has 0 bridgehead atoms. The Labute approximate surface area is 214 Å². The van der Waals surface area contributed by atoms with Gasteiger partial charge in [0.15, 0.2) is 5.13 Å². The molecule has 5 rings (SSSR count). The summed E-state index contributed by atoms with van der Waals surface area (Å²) in [5.41, 5.74) is 17.0. The van der Waals surface area contributed by atoms with E-state index in [0.29, 0.717) is 32.4 Å². The number of hydrogen-bond donors (Lipinski definition) is 3. The summed E-state index contributed by atoms with van der Waals surface area (Å²) in [5, 5.41) is 15.4. The van der Waals surface area contributed by atoms with Gasteiger partial charge in [0, 0.05) is 21.9 Å². The number of ether oxygens (including phenoxy) is 1. The van der Waals surface area contributed by atoms with Crippen molar-refractivity contribution >= 4 is 55.4 Å². The molecule has 3 aromatic heterocycles. The average molecular weight is 513 g/mol. The van der Waals surface area contributed by atoms with Gasteiger partial charge in [0.2, 0.25) is 0 Å². The third-order valence-corrected chi connectivity index (χ3v) is 7.53. The van der Waals surface area contributed by atoms with Gasteiger partial charge in [-0.3, -0.25) is 10.1 Å². The second-order valence-corrected chi connectivity index (χ2v) is 9.80. The number of para-hydroxylation sites is 1. The molecule has 0 aliphatic carbocycles. The molecule has 0 aliphatic rings. The molecule has 2 aromatic carbocycles. The highest BCUT2D eigenvalue weighted by molar-refractivity contribution is 7.21. The van der Waals surface area contributed by atoms with Crippen LogP contribution in [0.2, 0.25) is 0 Å². The number of aryl methyl sites for hydroxylation is 1. The third kappa shape index (κ3) is 4.00. The van der Waals surface area contributed by atoms with Crippen molar-refractivity contribution in [3.63, 3.8) is 0 Å². The highest BCUT2D eigenvalue weighted by Crippen LogP contribution is 2.43. The minimum atomic E-state index is -0.414. The second kappa shape index (κ2) is 9.30. The van der Waals surface area contributed by atoms with E-state index in [9.17, 15) is 10.1 Å². The molecule has 0 unspecified atom stereocenters. The lowest BCUT2D eigenvalue weighted by molar-refractivity contribution is 0.103. The Morgan fingerprint density at radius 3 is 2.58 bits per heavy atom. The lowest BCUT2D eigenvalue weighted by Crippen LogP contribution is -2.11. The average Bonchev–Trinajstić information content (AvgIpc) is 3.48. The zero-order valence-corrected chi connectivity index (χ0v) is 21.0. The molecule has 5 N–H and O–H groups in total. The monoisotopic (exact) mass is 512 g/mol. The Morgan fingerprint density at radius 1 is 1.11 bits per heavy atom. The van der Waals surface area contributed by atoms with Gasteiger partial charge in [-0.05, 0) is 24.6 Å². The zero-order valence-electron chi connectivity index (χ0n) is 19.3. The lowest BCUT2D eigenvalue weighted by atomic mass is 9.96. The van der Waals surface area contributed by atoms with Crippen LogP contribution in [0.3, 0.4) is 0 Å². The number of carbonyl (C=O) groups excluding carboxylic acids is 1. The van der Waals surface area contributed by atoms with E-state index in [0.717, 1.165) is 28.0 Å². The summed E-state index contributed by atoms with van der Waals surface area (Å²) in [7, 11) is 1.60. The van der Waals surface area contributed by atoms with E-state index in [2.05, 4.69) is 21.4 Å². The van der Waals surface area contributed by atoms with E-state index in [1.54, 1.807) is 7.11 Å². The summed E-state index contributed by atoms with van der Waals surface area (Å²) in [6, 6.07) is 17.4. The first-order valence-electron chi connectivity index (χ1n) is 10.8. The van der Waals surface area contributed by atoms with Crippen molar-refractivity contribution in [3.05, 3.63) is 69.9 Å². The minimum absolute atomic E-state index is 0.0927. The number of amides is 1. The van der Waals surface area contributed by atoms with Gasteiger partial charge >= 0.3 is 0 Å². The van der Waals surface area contributed by atoms with Crippen LogP contribution in [-0.4, -0.2) is 23.0 Å². The lowest BCUT2D eigenvalue weighted by Gasteiger charge is -2.10. The van der Waals surface area contributed by atoms with Crippen LogP contribution in [0.5, 0.6) is 5.75 Å². The third-order valence-electron chi connectivity index (χ3n) is 5.67. The van der Waals surface area contributed by atoms with E-state index in [1.165, 1.54) is 11.3 Å². The number of nitriles is 1. The quantitative estimate of drug-likeness (QED) is 0.275. The van der Waals surface area contributed by atoms with Crippen molar-refractivity contribution in [3.8, 4) is 34.2 Å². The van der Waals surface area contributed by atoms with Crippen molar-refractivity contribution in [2.45, 2.75) is 6.92 Å². The molecule has 5 aromatic rings. The fourth-order valence-electron chi connectivity index (χ4n) is 3.93. The van der Waals surface area contributed by atoms with Crippen LogP contribution in [-0.2, 0) is 0 Å². The van der Waals surface area contributed by atoms with Gasteiger partial charge in [0.25, 0.3) is 5.91 Å². The summed E-state index contributed by atoms with van der Waals surface area (Å²) in [6.07, 6.45) is 0. The molecule has 3 heterocycles. The number of benzene rings is 2. The first-order valence-corrected chi connectivity index (χ1v) is 12.5. The SMILES string of the molecule is COc1ccccc1-c1csc(NC(=O)c2sc3nc(N)c(C#N)c(-c4ccc(C)cc4)c3c2N)n1. The van der Waals surface area contributed by atoms with E-state index >= 15 is 0 Å². The molecule has 0 saturated heterocycles. The Morgan fingerprint density at radius 2 is 1.86 bits per heavy atom. The maximum Gasteiger partial charge on any atom is 0.269 e. The number of hydrogen-bond acceptors (Lipinski definition) is 9. The molecule has 36 heavy (non-hydrogen) atoms. The Balaban J connectivity index is 1.55. The van der Waals surface area contributed by atoms with Gasteiger partial charge in [-0.15, -0.1) is 22.7 Å². The van der Waals surface area contributed by atoms with Crippen LogP contribution < -0.4 is 21.5 Å². The molecule has 8 nitrogen and oxygen atoms in total. The van der Waals surface area contributed by atoms with Crippen molar-refractivity contribution in [2.24, 2.45) is 0 Å². The molecule has 0 saturated carbocycles. The molecule has 0 aliphatic heterocycles. The first kappa shape index (κ1) is 23.3. The van der Waals surface area contributed by atoms with Crippen LogP contribution in [0.25, 0.3) is 32.6 Å². The number of rotatable bonds is 5. The van der Waals surface area contributed by atoms with Gasteiger partial charge in [0.05, 0.1) is 18.5 Å². The smallest absolute Gasteiger partial charge is 0.269 e. The molecule has 0 fully saturated rings. The molecule has 0 spiro atoms. The fourth-order valence-corrected chi connectivity index (χ4v) is 5.64. The van der Waals surface area contributed by atoms with E-state index in [1.807, 2.05) is 60.8 Å². The predicted octanol–water partition coefficient (Wildman–Crippen LogP) is 5.69. The van der Waals surface area contributed by atoms with E-state index in [-0.39, 0.29) is 21.9 Å². The zero-order chi connectivity index (χ0) is 25.4. The summed E-state index contributed by atoms with van der Waals surface area (Å²) >= 11 is 2.42. The predicted molar refractivity (Wildman–Crippen MR) is 145 cm³/mol. The highest BCUT2D eigenvalue weighted by atomic mass is 32.1.